The van der Waals surface area contributed by atoms with E-state index in [1.54, 1.807) is 20.8 Å². The van der Waals surface area contributed by atoms with Crippen LogP contribution in [0.1, 0.15) is 47.2 Å². The number of hydrogen-bond acceptors (Lipinski definition) is 3. The highest BCUT2D eigenvalue weighted by molar-refractivity contribution is 6.39. The van der Waals surface area contributed by atoms with Gasteiger partial charge in [0.25, 0.3) is 0 Å². The Morgan fingerprint density at radius 3 is 2.24 bits per heavy atom. The summed E-state index contributed by atoms with van der Waals surface area (Å²) in [4.78, 5) is 25.9. The van der Waals surface area contributed by atoms with E-state index in [0.29, 0.717) is 6.29 Å². The molecule has 1 rings (SSSR count). The zero-order valence-corrected chi connectivity index (χ0v) is 11.1. The van der Waals surface area contributed by atoms with Crippen LogP contribution in [0.3, 0.4) is 0 Å². The smallest absolute Gasteiger partial charge is 0.339 e. The molecule has 1 aromatic rings. The molecule has 0 radical (unpaired) electrons. The van der Waals surface area contributed by atoms with Crippen LogP contribution in [-0.4, -0.2) is 22.3 Å². The second-order valence-corrected chi connectivity index (χ2v) is 5.26. The molecule has 0 aliphatic heterocycles. The van der Waals surface area contributed by atoms with Crippen LogP contribution >= 0.6 is 23.2 Å². The number of carboxylic acid groups (broad SMARTS) is 1. The largest absolute Gasteiger partial charge is 0.478 e. The molecule has 0 aliphatic carbocycles. The number of aldehydes is 1. The van der Waals surface area contributed by atoms with Gasteiger partial charge in [-0.25, -0.2) is 9.78 Å². The van der Waals surface area contributed by atoms with E-state index in [9.17, 15) is 9.59 Å². The topological polar surface area (TPSA) is 67.3 Å². The molecule has 0 amide bonds. The van der Waals surface area contributed by atoms with Crippen molar-refractivity contribution in [3.63, 3.8) is 0 Å². The van der Waals surface area contributed by atoms with E-state index in [4.69, 9.17) is 28.3 Å². The molecule has 0 spiro atoms. The Morgan fingerprint density at radius 1 is 1.35 bits per heavy atom. The zero-order chi connectivity index (χ0) is 13.4. The first-order valence-corrected chi connectivity index (χ1v) is 5.53. The lowest BCUT2D eigenvalue weighted by atomic mass is 9.88. The summed E-state index contributed by atoms with van der Waals surface area (Å²) >= 11 is 11.7. The van der Waals surface area contributed by atoms with Crippen LogP contribution < -0.4 is 0 Å². The number of carbonyl (C=O) groups is 2. The summed E-state index contributed by atoms with van der Waals surface area (Å²) in [5.74, 6) is -1.23. The molecular formula is C11H11Cl2NO3. The van der Waals surface area contributed by atoms with Gasteiger partial charge in [0.05, 0.1) is 16.3 Å². The second kappa shape index (κ2) is 4.63. The predicted molar refractivity (Wildman–Crippen MR) is 65.3 cm³/mol. The van der Waals surface area contributed by atoms with Gasteiger partial charge in [-0.2, -0.15) is 0 Å². The Morgan fingerprint density at radius 2 is 1.88 bits per heavy atom. The molecule has 92 valence electrons. The van der Waals surface area contributed by atoms with Gasteiger partial charge < -0.3 is 5.11 Å². The highest BCUT2D eigenvalue weighted by Gasteiger charge is 2.29. The first-order valence-electron chi connectivity index (χ1n) is 4.78. The van der Waals surface area contributed by atoms with Gasteiger partial charge in [-0.15, -0.1) is 0 Å². The minimum absolute atomic E-state index is 0.0834. The van der Waals surface area contributed by atoms with Crippen LogP contribution in [-0.2, 0) is 5.41 Å². The van der Waals surface area contributed by atoms with Crippen molar-refractivity contribution < 1.29 is 14.7 Å². The molecule has 0 unspecified atom stereocenters. The minimum atomic E-state index is -1.23. The Balaban J connectivity index is 3.74. The highest BCUT2D eigenvalue weighted by Crippen LogP contribution is 2.33. The van der Waals surface area contributed by atoms with Crippen molar-refractivity contribution in [1.29, 1.82) is 0 Å². The van der Waals surface area contributed by atoms with Crippen molar-refractivity contribution in [3.05, 3.63) is 27.0 Å². The van der Waals surface area contributed by atoms with E-state index in [1.807, 2.05) is 0 Å². The Kier molecular flexibility index (Phi) is 3.79. The van der Waals surface area contributed by atoms with Crippen LogP contribution in [0.2, 0.25) is 10.2 Å². The maximum Gasteiger partial charge on any atom is 0.339 e. The van der Waals surface area contributed by atoms with E-state index >= 15 is 0 Å². The number of aromatic nitrogens is 1. The van der Waals surface area contributed by atoms with E-state index in [1.165, 1.54) is 0 Å². The number of aromatic carboxylic acids is 1. The van der Waals surface area contributed by atoms with E-state index in [2.05, 4.69) is 4.98 Å². The van der Waals surface area contributed by atoms with Gasteiger partial charge in [0.15, 0.2) is 6.29 Å². The lowest BCUT2D eigenvalue weighted by molar-refractivity contribution is 0.0693. The summed E-state index contributed by atoms with van der Waals surface area (Å²) in [7, 11) is 0. The summed E-state index contributed by atoms with van der Waals surface area (Å²) in [6.07, 6.45) is 0.399. The summed E-state index contributed by atoms with van der Waals surface area (Å²) in [6.45, 7) is 5.36. The molecule has 0 saturated carbocycles. The standard InChI is InChI=1S/C11H11Cl2NO3/c1-11(2,3)8-6(10(16)17)7(12)5(4-15)9(13)14-8/h4H,1-3H3,(H,16,17). The number of halogens is 2. The fourth-order valence-electron chi connectivity index (χ4n) is 1.38. The SMILES string of the molecule is CC(C)(C)c1nc(Cl)c(C=O)c(Cl)c1C(=O)O. The molecule has 1 N–H and O–H groups in total. The molecule has 0 aliphatic rings. The molecular weight excluding hydrogens is 265 g/mol. The number of carbonyl (C=O) groups excluding carboxylic acids is 1. The normalized spacial score (nSPS) is 11.4. The van der Waals surface area contributed by atoms with E-state index in [0.717, 1.165) is 0 Å². The van der Waals surface area contributed by atoms with Crippen LogP contribution in [0.25, 0.3) is 0 Å². The number of hydrogen-bond donors (Lipinski definition) is 1. The number of rotatable bonds is 2. The Labute approximate surface area is 109 Å². The van der Waals surface area contributed by atoms with Crippen LogP contribution in [0.15, 0.2) is 0 Å². The van der Waals surface area contributed by atoms with Crippen molar-refractivity contribution >= 4 is 35.5 Å². The summed E-state index contributed by atoms with van der Waals surface area (Å²) in [5.41, 5.74) is -0.558. The predicted octanol–water partition coefficient (Wildman–Crippen LogP) is 3.20. The van der Waals surface area contributed by atoms with Crippen LogP contribution in [0, 0.1) is 0 Å². The van der Waals surface area contributed by atoms with Gasteiger partial charge in [-0.3, -0.25) is 4.79 Å². The Bertz CT molecular complexity index is 492. The third-order valence-electron chi connectivity index (χ3n) is 2.17. The number of pyridine rings is 1. The summed E-state index contributed by atoms with van der Waals surface area (Å²) < 4.78 is 0. The van der Waals surface area contributed by atoms with Gasteiger partial charge in [0.2, 0.25) is 0 Å². The summed E-state index contributed by atoms with van der Waals surface area (Å²) in [5, 5.41) is 8.88. The average molecular weight is 276 g/mol. The lowest BCUT2D eigenvalue weighted by Gasteiger charge is -2.21. The van der Waals surface area contributed by atoms with E-state index in [-0.39, 0.29) is 27.0 Å². The average Bonchev–Trinajstić information content (AvgIpc) is 2.15. The first-order chi connectivity index (χ1) is 7.70. The van der Waals surface area contributed by atoms with Crippen molar-refractivity contribution in [1.82, 2.24) is 4.98 Å². The van der Waals surface area contributed by atoms with Gasteiger partial charge in [-0.05, 0) is 0 Å². The van der Waals surface area contributed by atoms with Gasteiger partial charge in [0.1, 0.15) is 10.7 Å². The van der Waals surface area contributed by atoms with Crippen molar-refractivity contribution in [3.8, 4) is 0 Å². The molecule has 0 aromatic carbocycles. The van der Waals surface area contributed by atoms with Gasteiger partial charge in [0, 0.05) is 5.41 Å². The lowest BCUT2D eigenvalue weighted by Crippen LogP contribution is -2.20. The third-order valence-corrected chi connectivity index (χ3v) is 2.85. The van der Waals surface area contributed by atoms with Crippen LogP contribution in [0.5, 0.6) is 0 Å². The third kappa shape index (κ3) is 2.58. The fourth-order valence-corrected chi connectivity index (χ4v) is 1.96. The van der Waals surface area contributed by atoms with Gasteiger partial charge in [-0.1, -0.05) is 44.0 Å². The molecule has 0 atom stereocenters. The molecule has 1 heterocycles. The minimum Gasteiger partial charge on any atom is -0.478 e. The van der Waals surface area contributed by atoms with Crippen molar-refractivity contribution in [2.75, 3.05) is 0 Å². The first kappa shape index (κ1) is 13.9. The molecule has 0 fully saturated rings. The maximum absolute atomic E-state index is 11.2. The number of carboxylic acids is 1. The maximum atomic E-state index is 11.2. The quantitative estimate of drug-likeness (QED) is 0.665. The monoisotopic (exact) mass is 275 g/mol. The molecule has 17 heavy (non-hydrogen) atoms. The number of nitrogens with zero attached hydrogens (tertiary/aromatic N) is 1. The molecule has 6 heteroatoms. The Hall–Kier alpha value is -1.13. The van der Waals surface area contributed by atoms with Crippen molar-refractivity contribution in [2.45, 2.75) is 26.2 Å². The fraction of sp³-hybridized carbons (Fsp3) is 0.364. The van der Waals surface area contributed by atoms with Gasteiger partial charge >= 0.3 is 5.97 Å². The molecule has 4 nitrogen and oxygen atoms in total. The second-order valence-electron chi connectivity index (χ2n) is 4.53. The van der Waals surface area contributed by atoms with Crippen LogP contribution in [0.4, 0.5) is 0 Å². The van der Waals surface area contributed by atoms with E-state index < -0.39 is 11.4 Å². The molecule has 1 aromatic heterocycles. The van der Waals surface area contributed by atoms with Crippen molar-refractivity contribution in [2.24, 2.45) is 0 Å². The highest BCUT2D eigenvalue weighted by atomic mass is 35.5. The molecule has 0 bridgehead atoms. The summed E-state index contributed by atoms with van der Waals surface area (Å²) in [6, 6.07) is 0. The molecule has 0 saturated heterocycles. The zero-order valence-electron chi connectivity index (χ0n) is 9.54.